The predicted octanol–water partition coefficient (Wildman–Crippen LogP) is 17.7. The van der Waals surface area contributed by atoms with Gasteiger partial charge < -0.3 is 4.57 Å². The van der Waals surface area contributed by atoms with Gasteiger partial charge in [-0.15, -0.1) is 0 Å². The topological polar surface area (TPSA) is 43.6 Å². The van der Waals surface area contributed by atoms with Crippen LogP contribution in [0.1, 0.15) is 107 Å². The quantitative estimate of drug-likeness (QED) is 0.177. The second kappa shape index (κ2) is 21.0. The van der Waals surface area contributed by atoms with Gasteiger partial charge in [0.1, 0.15) is 18.5 Å². The van der Waals surface area contributed by atoms with E-state index in [1.807, 2.05) is 18.2 Å². The third-order valence-corrected chi connectivity index (χ3v) is 12.3. The highest BCUT2D eigenvalue weighted by Gasteiger charge is 2.20. The van der Waals surface area contributed by atoms with Crippen LogP contribution in [0.5, 0.6) is 0 Å². The van der Waals surface area contributed by atoms with Crippen LogP contribution in [0.15, 0.2) is 207 Å². The fourth-order valence-electron chi connectivity index (χ4n) is 8.50. The number of nitrogens with zero attached hydrogens (tertiary/aromatic N) is 4. The van der Waals surface area contributed by atoms with Crippen molar-refractivity contribution >= 4 is 32.6 Å². The van der Waals surface area contributed by atoms with E-state index in [0.717, 1.165) is 11.4 Å². The van der Waals surface area contributed by atoms with Gasteiger partial charge in [0, 0.05) is 21.9 Å². The first-order chi connectivity index (χ1) is 33.2. The fraction of sp³-hybridized carbons (Fsp3) is 0.246. The van der Waals surface area contributed by atoms with E-state index in [-0.39, 0.29) is 21.7 Å². The number of fused-ring (bicyclic) bond motifs is 4. The maximum absolute atomic E-state index is 7.63. The van der Waals surface area contributed by atoms with Crippen LogP contribution in [0, 0.1) is 0 Å². The van der Waals surface area contributed by atoms with E-state index in [0.29, 0.717) is 6.04 Å². The van der Waals surface area contributed by atoms with Crippen LogP contribution in [0.25, 0.3) is 60.5 Å². The minimum absolute atomic E-state index is 0.0307. The van der Waals surface area contributed by atoms with Crippen molar-refractivity contribution in [2.24, 2.45) is 0 Å². The molecule has 350 valence electrons. The summed E-state index contributed by atoms with van der Waals surface area (Å²) in [5.74, 6) is 0.836. The predicted molar refractivity (Wildman–Crippen MR) is 297 cm³/mol. The van der Waals surface area contributed by atoms with Crippen molar-refractivity contribution in [3.05, 3.63) is 229 Å². The molecule has 0 N–H and O–H groups in total. The Morgan fingerprint density at radius 2 is 0.884 bits per heavy atom. The van der Waals surface area contributed by atoms with Crippen LogP contribution in [0.2, 0.25) is 0 Å². The van der Waals surface area contributed by atoms with Gasteiger partial charge in [-0.2, -0.15) is 0 Å². The van der Waals surface area contributed by atoms with Crippen LogP contribution in [-0.2, 0) is 21.7 Å². The molecule has 0 spiro atoms. The zero-order valence-corrected chi connectivity index (χ0v) is 42.8. The van der Waals surface area contributed by atoms with E-state index in [1.165, 1.54) is 84.3 Å². The van der Waals surface area contributed by atoms with Crippen LogP contribution in [0.3, 0.4) is 0 Å². The summed E-state index contributed by atoms with van der Waals surface area (Å²) in [5.41, 5.74) is 13.3. The lowest BCUT2D eigenvalue weighted by atomic mass is 9.82. The molecule has 0 unspecified atom stereocenters. The molecule has 4 heteroatoms. The largest absolute Gasteiger partial charge is 0.309 e. The lowest BCUT2D eigenvalue weighted by molar-refractivity contribution is 0.541. The third kappa shape index (κ3) is 12.3. The lowest BCUT2D eigenvalue weighted by Crippen LogP contribution is -2.15. The molecule has 4 nitrogen and oxygen atoms in total. The molecule has 8 aromatic carbocycles. The lowest BCUT2D eigenvalue weighted by Gasteiger charge is -2.22. The van der Waals surface area contributed by atoms with E-state index in [2.05, 4.69) is 266 Å². The molecule has 69 heavy (non-hydrogen) atoms. The Hall–Kier alpha value is -7.17. The molecule has 0 aliphatic heterocycles. The van der Waals surface area contributed by atoms with Gasteiger partial charge in [-0.1, -0.05) is 253 Å². The maximum Gasteiger partial charge on any atom is 0.137 e. The van der Waals surface area contributed by atoms with Gasteiger partial charge in [-0.25, -0.2) is 15.0 Å². The molecule has 0 radical (unpaired) electrons. The number of benzene rings is 8. The monoisotopic (exact) mass is 908 g/mol. The summed E-state index contributed by atoms with van der Waals surface area (Å²) in [4.78, 5) is 11.8. The second-order valence-corrected chi connectivity index (χ2v) is 21.8. The number of aromatic nitrogens is 4. The minimum Gasteiger partial charge on any atom is -0.309 e. The Bertz CT molecular complexity index is 3230. The molecule has 0 aliphatic rings. The van der Waals surface area contributed by atoms with Gasteiger partial charge in [0.2, 0.25) is 0 Å². The second-order valence-electron chi connectivity index (χ2n) is 21.8. The van der Waals surface area contributed by atoms with E-state index < -0.39 is 0 Å². The Labute approximate surface area is 413 Å². The molecule has 0 saturated heterocycles. The van der Waals surface area contributed by atoms with Crippen molar-refractivity contribution < 1.29 is 1.37 Å². The minimum atomic E-state index is 0.0307. The van der Waals surface area contributed by atoms with Crippen molar-refractivity contribution in [3.8, 4) is 27.9 Å². The Kier molecular flexibility index (Phi) is 14.7. The van der Waals surface area contributed by atoms with Gasteiger partial charge >= 0.3 is 0 Å². The molecule has 0 amide bonds. The molecule has 10 aromatic rings. The third-order valence-electron chi connectivity index (χ3n) is 12.3. The van der Waals surface area contributed by atoms with E-state index in [1.54, 1.807) is 6.07 Å². The van der Waals surface area contributed by atoms with Crippen LogP contribution < -0.4 is 0 Å². The Morgan fingerprint density at radius 3 is 1.42 bits per heavy atom. The summed E-state index contributed by atoms with van der Waals surface area (Å²) in [6.07, 6.45) is 3.04. The van der Waals surface area contributed by atoms with Gasteiger partial charge in [0.25, 0.3) is 0 Å². The standard InChI is InChI=1S/C22H21N.C20H20.C16H18.C7H11N3/c1-22(2,3)16-9-8-10-17(15-16)23-20-13-6-4-11-18(20)19-12-5-7-14-21(19)23;1-20(2,3)19-14-13-16(15-9-5-4-6-10-15)17-11-7-8-12-18(17)19;1-16(2,3)15-11-9-14(10-12-15)13-7-5-4-6-8-13;1-7(2,3)6-9-4-8-5-10-6/h4-15H,1-3H3;4-14H,1-3H3;4-12H,1-3H3;4-5H,1-3H3/i;;5D;. The number of para-hydroxylation sites is 2. The molecule has 0 fully saturated rings. The molecular formula is C65H70N4. The molecular weight excluding hydrogens is 837 g/mol. The van der Waals surface area contributed by atoms with Crippen LogP contribution >= 0.6 is 0 Å². The van der Waals surface area contributed by atoms with Crippen molar-refractivity contribution in [2.45, 2.75) is 105 Å². The van der Waals surface area contributed by atoms with Crippen molar-refractivity contribution in [1.29, 1.82) is 0 Å². The molecule has 0 bridgehead atoms. The number of hydrogen-bond donors (Lipinski definition) is 0. The van der Waals surface area contributed by atoms with Crippen LogP contribution in [0.4, 0.5) is 0 Å². The van der Waals surface area contributed by atoms with Crippen molar-refractivity contribution in [2.75, 3.05) is 0 Å². The summed E-state index contributed by atoms with van der Waals surface area (Å²) in [6.45, 7) is 26.5. The van der Waals surface area contributed by atoms with Crippen molar-refractivity contribution in [3.63, 3.8) is 0 Å². The van der Waals surface area contributed by atoms with Crippen LogP contribution in [-0.4, -0.2) is 19.5 Å². The smallest absolute Gasteiger partial charge is 0.137 e. The Morgan fingerprint density at radius 1 is 0.377 bits per heavy atom. The first-order valence-corrected chi connectivity index (χ1v) is 24.2. The number of rotatable bonds is 3. The first kappa shape index (κ1) is 48.3. The van der Waals surface area contributed by atoms with Gasteiger partial charge in [-0.05, 0) is 90.2 Å². The van der Waals surface area contributed by atoms with Gasteiger partial charge in [0.05, 0.1) is 12.4 Å². The molecule has 2 aromatic heterocycles. The zero-order valence-electron chi connectivity index (χ0n) is 43.8. The van der Waals surface area contributed by atoms with E-state index >= 15 is 0 Å². The maximum atomic E-state index is 7.63. The average molecular weight is 908 g/mol. The van der Waals surface area contributed by atoms with Gasteiger partial charge in [0.15, 0.2) is 0 Å². The summed E-state index contributed by atoms with van der Waals surface area (Å²) in [7, 11) is 0. The first-order valence-electron chi connectivity index (χ1n) is 24.7. The highest BCUT2D eigenvalue weighted by molar-refractivity contribution is 6.09. The number of hydrogen-bond acceptors (Lipinski definition) is 3. The van der Waals surface area contributed by atoms with E-state index in [9.17, 15) is 0 Å². The summed E-state index contributed by atoms with van der Waals surface area (Å²) < 4.78 is 10.0. The zero-order chi connectivity index (χ0) is 50.3. The molecule has 0 saturated carbocycles. The highest BCUT2D eigenvalue weighted by Crippen LogP contribution is 2.37. The van der Waals surface area contributed by atoms with Gasteiger partial charge in [-0.3, -0.25) is 0 Å². The summed E-state index contributed by atoms with van der Waals surface area (Å²) in [5, 5.41) is 5.32. The Balaban J connectivity index is 0.000000142. The average Bonchev–Trinajstić information content (AvgIpc) is 3.68. The SMILES string of the molecule is CC(C)(C)c1ccc(-c2ccccc2)c2ccccc12.CC(C)(C)c1cccc(-n2c3ccccc3c3ccccc32)c1.CC(C)(C)c1ncncn1.[2H]c1cccc(-c2ccc(C(C)(C)C)cc2)c1. The summed E-state index contributed by atoms with van der Waals surface area (Å²) in [6, 6.07) is 66.9. The fourth-order valence-corrected chi connectivity index (χ4v) is 8.50. The molecule has 0 aliphatic carbocycles. The highest BCUT2D eigenvalue weighted by atomic mass is 15.0. The molecule has 2 heterocycles. The van der Waals surface area contributed by atoms with E-state index in [4.69, 9.17) is 1.37 Å². The summed E-state index contributed by atoms with van der Waals surface area (Å²) >= 11 is 0. The normalized spacial score (nSPS) is 12.0. The van der Waals surface area contributed by atoms with Crippen molar-refractivity contribution in [1.82, 2.24) is 19.5 Å². The molecule has 0 atom stereocenters. The molecule has 10 rings (SSSR count).